The average Bonchev–Trinajstić information content (AvgIpc) is 3.07. The molecule has 0 bridgehead atoms. The number of fused-ring (bicyclic) bond motifs is 2. The molecule has 0 atom stereocenters. The SMILES string of the molecule is Cc1nc2ccc(Br)cc2c(=O)n1N=Cc1c(C)n(Cc2ccc(Cl)cc2Cl)c2ccccc12. The van der Waals surface area contributed by atoms with E-state index in [1.807, 2.05) is 43.3 Å². The molecule has 5 nitrogen and oxygen atoms in total. The van der Waals surface area contributed by atoms with Crippen LogP contribution < -0.4 is 5.56 Å². The van der Waals surface area contributed by atoms with Gasteiger partial charge in [0.15, 0.2) is 0 Å². The van der Waals surface area contributed by atoms with Crippen molar-refractivity contribution in [3.8, 4) is 0 Å². The van der Waals surface area contributed by atoms with Crippen LogP contribution in [0.5, 0.6) is 0 Å². The van der Waals surface area contributed by atoms with E-state index in [1.165, 1.54) is 4.68 Å². The lowest BCUT2D eigenvalue weighted by molar-refractivity contribution is 0.769. The Morgan fingerprint density at radius 2 is 1.82 bits per heavy atom. The van der Waals surface area contributed by atoms with Crippen molar-refractivity contribution < 1.29 is 0 Å². The fraction of sp³-hybridized carbons (Fsp3) is 0.115. The normalized spacial score (nSPS) is 11.8. The lowest BCUT2D eigenvalue weighted by Gasteiger charge is -2.10. The molecule has 0 saturated carbocycles. The van der Waals surface area contributed by atoms with Gasteiger partial charge in [-0.15, -0.1) is 0 Å². The molecular formula is C26H19BrCl2N4O. The standard InChI is InChI=1S/C26H19BrCl2N4O/c1-15-22(13-30-33-16(2)31-24-10-8-18(27)11-21(24)26(33)34)20-5-3-4-6-25(20)32(15)14-17-7-9-19(28)12-23(17)29/h3-13H,14H2,1-2H3. The molecule has 170 valence electrons. The monoisotopic (exact) mass is 552 g/mol. The molecule has 2 heterocycles. The van der Waals surface area contributed by atoms with Crippen LogP contribution in [-0.2, 0) is 6.54 Å². The van der Waals surface area contributed by atoms with Gasteiger partial charge in [0.25, 0.3) is 5.56 Å². The molecule has 0 aliphatic heterocycles. The van der Waals surface area contributed by atoms with Crippen LogP contribution in [0.2, 0.25) is 10.0 Å². The van der Waals surface area contributed by atoms with Crippen molar-refractivity contribution in [3.63, 3.8) is 0 Å². The van der Waals surface area contributed by atoms with E-state index in [2.05, 4.69) is 42.7 Å². The first kappa shape index (κ1) is 22.8. The summed E-state index contributed by atoms with van der Waals surface area (Å²) in [6.45, 7) is 4.40. The summed E-state index contributed by atoms with van der Waals surface area (Å²) < 4.78 is 4.35. The van der Waals surface area contributed by atoms with Gasteiger partial charge in [-0.1, -0.05) is 63.4 Å². The Kier molecular flexibility index (Phi) is 6.06. The molecule has 0 fully saturated rings. The molecule has 0 spiro atoms. The molecule has 34 heavy (non-hydrogen) atoms. The quantitative estimate of drug-likeness (QED) is 0.226. The lowest BCUT2D eigenvalue weighted by atomic mass is 10.1. The van der Waals surface area contributed by atoms with E-state index in [-0.39, 0.29) is 5.56 Å². The summed E-state index contributed by atoms with van der Waals surface area (Å²) in [5, 5.41) is 7.33. The van der Waals surface area contributed by atoms with E-state index in [1.54, 1.807) is 25.3 Å². The first-order chi connectivity index (χ1) is 16.3. The molecule has 5 aromatic rings. The van der Waals surface area contributed by atoms with Gasteiger partial charge in [0.2, 0.25) is 0 Å². The molecule has 0 aliphatic rings. The number of para-hydroxylation sites is 1. The summed E-state index contributed by atoms with van der Waals surface area (Å²) in [6, 6.07) is 19.1. The number of hydrogen-bond acceptors (Lipinski definition) is 3. The van der Waals surface area contributed by atoms with Gasteiger partial charge >= 0.3 is 0 Å². The van der Waals surface area contributed by atoms with Crippen molar-refractivity contribution in [3.05, 3.63) is 108 Å². The van der Waals surface area contributed by atoms with Gasteiger partial charge in [0, 0.05) is 43.2 Å². The summed E-state index contributed by atoms with van der Waals surface area (Å²) in [5.74, 6) is 0.519. The van der Waals surface area contributed by atoms with Crippen LogP contribution in [0.1, 0.15) is 22.6 Å². The molecule has 0 saturated heterocycles. The van der Waals surface area contributed by atoms with E-state index in [0.717, 1.165) is 32.2 Å². The van der Waals surface area contributed by atoms with Crippen LogP contribution >= 0.6 is 39.1 Å². The zero-order chi connectivity index (χ0) is 24.0. The summed E-state index contributed by atoms with van der Waals surface area (Å²) >= 11 is 16.0. The highest BCUT2D eigenvalue weighted by atomic mass is 79.9. The number of halogens is 3. The molecule has 3 aromatic carbocycles. The number of benzene rings is 3. The lowest BCUT2D eigenvalue weighted by Crippen LogP contribution is -2.20. The van der Waals surface area contributed by atoms with Crippen molar-refractivity contribution in [2.45, 2.75) is 20.4 Å². The van der Waals surface area contributed by atoms with E-state index in [0.29, 0.717) is 33.3 Å². The highest BCUT2D eigenvalue weighted by Crippen LogP contribution is 2.28. The Labute approximate surface area is 214 Å². The minimum atomic E-state index is -0.214. The van der Waals surface area contributed by atoms with E-state index < -0.39 is 0 Å². The summed E-state index contributed by atoms with van der Waals surface area (Å²) in [6.07, 6.45) is 1.73. The largest absolute Gasteiger partial charge is 0.340 e. The van der Waals surface area contributed by atoms with Crippen molar-refractivity contribution in [1.82, 2.24) is 14.2 Å². The zero-order valence-electron chi connectivity index (χ0n) is 18.4. The van der Waals surface area contributed by atoms with Gasteiger partial charge in [0.1, 0.15) is 5.82 Å². The summed E-state index contributed by atoms with van der Waals surface area (Å²) in [5.41, 5.74) is 4.39. The van der Waals surface area contributed by atoms with Gasteiger partial charge in [-0.05, 0) is 55.8 Å². The van der Waals surface area contributed by atoms with Crippen LogP contribution in [0.4, 0.5) is 0 Å². The minimum Gasteiger partial charge on any atom is -0.340 e. The van der Waals surface area contributed by atoms with Crippen molar-refractivity contribution in [2.75, 3.05) is 0 Å². The molecule has 0 amide bonds. The second-order valence-corrected chi connectivity index (χ2v) is 9.78. The first-order valence-electron chi connectivity index (χ1n) is 10.6. The van der Waals surface area contributed by atoms with Gasteiger partial charge in [-0.25, -0.2) is 4.98 Å². The second-order valence-electron chi connectivity index (χ2n) is 8.02. The number of rotatable bonds is 4. The molecular weight excluding hydrogens is 535 g/mol. The Morgan fingerprint density at radius 1 is 1.03 bits per heavy atom. The summed E-state index contributed by atoms with van der Waals surface area (Å²) in [4.78, 5) is 17.7. The van der Waals surface area contributed by atoms with Gasteiger partial charge < -0.3 is 4.57 Å². The van der Waals surface area contributed by atoms with Gasteiger partial charge in [-0.2, -0.15) is 9.78 Å². The number of aromatic nitrogens is 3. The van der Waals surface area contributed by atoms with Crippen molar-refractivity contribution in [1.29, 1.82) is 0 Å². The van der Waals surface area contributed by atoms with Crippen LogP contribution in [0.15, 0.2) is 75.0 Å². The maximum absolute atomic E-state index is 13.1. The third kappa shape index (κ3) is 4.06. The van der Waals surface area contributed by atoms with Gasteiger partial charge in [0.05, 0.1) is 17.1 Å². The van der Waals surface area contributed by atoms with Crippen LogP contribution in [0.25, 0.3) is 21.8 Å². The summed E-state index contributed by atoms with van der Waals surface area (Å²) in [7, 11) is 0. The second kappa shape index (κ2) is 9.02. The van der Waals surface area contributed by atoms with Crippen molar-refractivity contribution >= 4 is 67.2 Å². The first-order valence-corrected chi connectivity index (χ1v) is 12.1. The van der Waals surface area contributed by atoms with Crippen molar-refractivity contribution in [2.24, 2.45) is 5.10 Å². The third-order valence-corrected chi connectivity index (χ3v) is 6.98. The number of nitrogens with zero attached hydrogens (tertiary/aromatic N) is 4. The fourth-order valence-electron chi connectivity index (χ4n) is 4.16. The Morgan fingerprint density at radius 3 is 2.62 bits per heavy atom. The molecule has 8 heteroatoms. The maximum Gasteiger partial charge on any atom is 0.282 e. The van der Waals surface area contributed by atoms with E-state index >= 15 is 0 Å². The van der Waals surface area contributed by atoms with E-state index in [4.69, 9.17) is 23.2 Å². The van der Waals surface area contributed by atoms with Crippen LogP contribution in [-0.4, -0.2) is 20.4 Å². The highest BCUT2D eigenvalue weighted by molar-refractivity contribution is 9.10. The Bertz CT molecular complexity index is 1670. The molecule has 5 rings (SSSR count). The average molecular weight is 554 g/mol. The minimum absolute atomic E-state index is 0.214. The third-order valence-electron chi connectivity index (χ3n) is 5.90. The Hall–Kier alpha value is -2.93. The topological polar surface area (TPSA) is 52.2 Å². The predicted molar refractivity (Wildman–Crippen MR) is 144 cm³/mol. The molecule has 0 aliphatic carbocycles. The maximum atomic E-state index is 13.1. The van der Waals surface area contributed by atoms with Gasteiger partial charge in [-0.3, -0.25) is 4.79 Å². The smallest absolute Gasteiger partial charge is 0.282 e. The fourth-order valence-corrected chi connectivity index (χ4v) is 4.99. The zero-order valence-corrected chi connectivity index (χ0v) is 21.5. The number of aryl methyl sites for hydroxylation is 1. The van der Waals surface area contributed by atoms with Crippen LogP contribution in [0, 0.1) is 13.8 Å². The molecule has 0 radical (unpaired) electrons. The highest BCUT2D eigenvalue weighted by Gasteiger charge is 2.15. The number of hydrogen-bond donors (Lipinski definition) is 0. The van der Waals surface area contributed by atoms with E-state index in [9.17, 15) is 4.79 Å². The molecule has 0 unspecified atom stereocenters. The predicted octanol–water partition coefficient (Wildman–Crippen LogP) is 6.97. The molecule has 0 N–H and O–H groups in total. The molecule has 2 aromatic heterocycles. The van der Waals surface area contributed by atoms with Crippen LogP contribution in [0.3, 0.4) is 0 Å². The Balaban J connectivity index is 1.63.